The average molecular weight is 327 g/mol. The zero-order valence-electron chi connectivity index (χ0n) is 11.4. The molecule has 0 aromatic carbocycles. The molecule has 0 spiro atoms. The van der Waals surface area contributed by atoms with Crippen LogP contribution in [-0.4, -0.2) is 19.6 Å². The Hall–Kier alpha value is -1.18. The van der Waals surface area contributed by atoms with Gasteiger partial charge in [-0.1, -0.05) is 6.92 Å². The first-order valence-electron chi connectivity index (χ1n) is 6.26. The van der Waals surface area contributed by atoms with Gasteiger partial charge in [-0.2, -0.15) is 10.2 Å². The van der Waals surface area contributed by atoms with Gasteiger partial charge < -0.3 is 0 Å². The minimum absolute atomic E-state index is 0.128. The highest BCUT2D eigenvalue weighted by Gasteiger charge is 2.23. The lowest BCUT2D eigenvalue weighted by Gasteiger charge is -2.18. The van der Waals surface area contributed by atoms with Crippen LogP contribution in [0.3, 0.4) is 0 Å². The summed E-state index contributed by atoms with van der Waals surface area (Å²) >= 11 is 3.55. The van der Waals surface area contributed by atoms with Gasteiger partial charge in [0, 0.05) is 24.8 Å². The maximum Gasteiger partial charge on any atom is 0.0922 e. The highest BCUT2D eigenvalue weighted by Crippen LogP contribution is 2.29. The Morgan fingerprint density at radius 1 is 1.42 bits per heavy atom. The molecular formula is C12H19BrN6. The van der Waals surface area contributed by atoms with Gasteiger partial charge in [-0.3, -0.25) is 15.2 Å². The second-order valence-corrected chi connectivity index (χ2v) is 5.36. The molecule has 2 heterocycles. The smallest absolute Gasteiger partial charge is 0.0922 e. The van der Waals surface area contributed by atoms with E-state index in [0.717, 1.165) is 34.4 Å². The Kier molecular flexibility index (Phi) is 4.38. The summed E-state index contributed by atoms with van der Waals surface area (Å²) in [5, 5.41) is 8.66. The Morgan fingerprint density at radius 2 is 2.16 bits per heavy atom. The molecule has 1 unspecified atom stereocenters. The molecule has 0 aliphatic rings. The summed E-state index contributed by atoms with van der Waals surface area (Å²) in [5.74, 6) is 5.76. The van der Waals surface area contributed by atoms with E-state index in [9.17, 15) is 0 Å². The number of rotatable bonds is 5. The quantitative estimate of drug-likeness (QED) is 0.647. The summed E-state index contributed by atoms with van der Waals surface area (Å²) in [6.45, 7) is 5.01. The maximum atomic E-state index is 5.76. The van der Waals surface area contributed by atoms with Crippen LogP contribution in [0.15, 0.2) is 16.9 Å². The third-order valence-corrected chi connectivity index (χ3v) is 3.90. The van der Waals surface area contributed by atoms with Crippen LogP contribution in [0.2, 0.25) is 0 Å². The third-order valence-electron chi connectivity index (χ3n) is 3.29. The summed E-state index contributed by atoms with van der Waals surface area (Å²) in [5.41, 5.74) is 6.04. The van der Waals surface area contributed by atoms with Gasteiger partial charge in [-0.15, -0.1) is 0 Å². The lowest BCUT2D eigenvalue weighted by atomic mass is 10.1. The minimum Gasteiger partial charge on any atom is -0.273 e. The van der Waals surface area contributed by atoms with Crippen LogP contribution in [0.5, 0.6) is 0 Å². The number of hydrogen-bond acceptors (Lipinski definition) is 4. The Labute approximate surface area is 121 Å². The lowest BCUT2D eigenvalue weighted by molar-refractivity contribution is 0.518. The topological polar surface area (TPSA) is 73.7 Å². The van der Waals surface area contributed by atoms with Crippen LogP contribution in [0.1, 0.15) is 36.3 Å². The summed E-state index contributed by atoms with van der Waals surface area (Å²) < 4.78 is 4.77. The van der Waals surface area contributed by atoms with Crippen molar-refractivity contribution < 1.29 is 0 Å². The molecule has 3 N–H and O–H groups in total. The zero-order chi connectivity index (χ0) is 14.0. The largest absolute Gasteiger partial charge is 0.273 e. The van der Waals surface area contributed by atoms with E-state index >= 15 is 0 Å². The summed E-state index contributed by atoms with van der Waals surface area (Å²) in [7, 11) is 1.92. The molecule has 1 atom stereocenters. The average Bonchev–Trinajstić information content (AvgIpc) is 2.90. The fourth-order valence-electron chi connectivity index (χ4n) is 2.16. The summed E-state index contributed by atoms with van der Waals surface area (Å²) in [6, 6.07) is -0.128. The maximum absolute atomic E-state index is 5.76. The molecule has 2 aromatic heterocycles. The summed E-state index contributed by atoms with van der Waals surface area (Å²) in [4.78, 5) is 0. The zero-order valence-corrected chi connectivity index (χ0v) is 13.0. The highest BCUT2D eigenvalue weighted by molar-refractivity contribution is 9.10. The van der Waals surface area contributed by atoms with E-state index < -0.39 is 0 Å². The van der Waals surface area contributed by atoms with Crippen LogP contribution in [0.25, 0.3) is 0 Å². The number of nitrogens with zero attached hydrogens (tertiary/aromatic N) is 4. The standard InChI is InChI=1S/C12H19BrN6/c1-4-5-19-12(10(13)7-16-19)11(17-14)9-6-15-18(3)8(9)2/h6-7,11,17H,4-5,14H2,1-3H3. The Morgan fingerprint density at radius 3 is 2.68 bits per heavy atom. The van der Waals surface area contributed by atoms with E-state index in [1.165, 1.54) is 0 Å². The highest BCUT2D eigenvalue weighted by atomic mass is 79.9. The summed E-state index contributed by atoms with van der Waals surface area (Å²) in [6.07, 6.45) is 4.67. The monoisotopic (exact) mass is 326 g/mol. The van der Waals surface area contributed by atoms with E-state index in [-0.39, 0.29) is 6.04 Å². The molecule has 104 valence electrons. The number of aryl methyl sites for hydroxylation is 2. The molecule has 2 rings (SSSR count). The number of halogens is 1. The van der Waals surface area contributed by atoms with E-state index in [2.05, 4.69) is 38.5 Å². The molecule has 19 heavy (non-hydrogen) atoms. The van der Waals surface area contributed by atoms with Crippen molar-refractivity contribution in [2.24, 2.45) is 12.9 Å². The molecule has 0 saturated heterocycles. The number of hydrogen-bond donors (Lipinski definition) is 2. The number of nitrogens with one attached hydrogen (secondary N) is 1. The fraction of sp³-hybridized carbons (Fsp3) is 0.500. The van der Waals surface area contributed by atoms with Gasteiger partial charge in [0.05, 0.1) is 28.6 Å². The second-order valence-electron chi connectivity index (χ2n) is 4.51. The molecule has 0 radical (unpaired) electrons. The van der Waals surface area contributed by atoms with Crippen LogP contribution < -0.4 is 11.3 Å². The molecule has 6 nitrogen and oxygen atoms in total. The molecule has 0 bridgehead atoms. The molecule has 0 fully saturated rings. The van der Waals surface area contributed by atoms with E-state index in [1.807, 2.05) is 29.5 Å². The number of hydrazine groups is 1. The van der Waals surface area contributed by atoms with Crippen molar-refractivity contribution in [3.8, 4) is 0 Å². The first-order chi connectivity index (χ1) is 9.10. The van der Waals surface area contributed by atoms with Gasteiger partial charge in [-0.05, 0) is 29.3 Å². The molecule has 0 aliphatic heterocycles. The van der Waals surface area contributed by atoms with Gasteiger partial charge in [-0.25, -0.2) is 5.43 Å². The molecule has 0 saturated carbocycles. The molecule has 2 aromatic rings. The van der Waals surface area contributed by atoms with Crippen LogP contribution in [-0.2, 0) is 13.6 Å². The van der Waals surface area contributed by atoms with Crippen molar-refractivity contribution in [1.29, 1.82) is 0 Å². The van der Waals surface area contributed by atoms with Gasteiger partial charge in [0.2, 0.25) is 0 Å². The normalized spacial score (nSPS) is 12.9. The van der Waals surface area contributed by atoms with Crippen molar-refractivity contribution in [1.82, 2.24) is 25.0 Å². The Bertz CT molecular complexity index is 559. The van der Waals surface area contributed by atoms with Crippen LogP contribution in [0.4, 0.5) is 0 Å². The first kappa shape index (κ1) is 14.2. The van der Waals surface area contributed by atoms with Crippen LogP contribution in [0, 0.1) is 6.92 Å². The molecule has 0 aliphatic carbocycles. The van der Waals surface area contributed by atoms with Gasteiger partial charge in [0.1, 0.15) is 0 Å². The van der Waals surface area contributed by atoms with Crippen molar-refractivity contribution >= 4 is 15.9 Å². The SMILES string of the molecule is CCCn1ncc(Br)c1C(NN)c1cnn(C)c1C. The first-order valence-corrected chi connectivity index (χ1v) is 7.05. The number of aromatic nitrogens is 4. The van der Waals surface area contributed by atoms with Crippen LogP contribution >= 0.6 is 15.9 Å². The molecular weight excluding hydrogens is 308 g/mol. The van der Waals surface area contributed by atoms with Gasteiger partial charge in [0.15, 0.2) is 0 Å². The van der Waals surface area contributed by atoms with Gasteiger partial charge in [0.25, 0.3) is 0 Å². The second kappa shape index (κ2) is 5.85. The molecule has 7 heteroatoms. The van der Waals surface area contributed by atoms with Crippen molar-refractivity contribution in [3.05, 3.63) is 33.8 Å². The predicted molar refractivity (Wildman–Crippen MR) is 77.3 cm³/mol. The fourth-order valence-corrected chi connectivity index (χ4v) is 2.69. The molecule has 0 amide bonds. The van der Waals surface area contributed by atoms with Crippen molar-refractivity contribution in [2.75, 3.05) is 0 Å². The third kappa shape index (κ3) is 2.58. The Balaban J connectivity index is 2.48. The number of nitrogens with two attached hydrogens (primary N) is 1. The minimum atomic E-state index is -0.128. The predicted octanol–water partition coefficient (Wildman–Crippen LogP) is 1.65. The van der Waals surface area contributed by atoms with E-state index in [0.29, 0.717) is 0 Å². The van der Waals surface area contributed by atoms with Gasteiger partial charge >= 0.3 is 0 Å². The van der Waals surface area contributed by atoms with E-state index in [1.54, 1.807) is 6.20 Å². The van der Waals surface area contributed by atoms with Crippen molar-refractivity contribution in [3.63, 3.8) is 0 Å². The lowest BCUT2D eigenvalue weighted by Crippen LogP contribution is -2.31. The van der Waals surface area contributed by atoms with Crippen molar-refractivity contribution in [2.45, 2.75) is 32.9 Å². The van der Waals surface area contributed by atoms with E-state index in [4.69, 9.17) is 5.84 Å².